The fourth-order valence-corrected chi connectivity index (χ4v) is 4.25. The molecule has 1 rings (SSSR count). The standard InChI is InChI=1S/C15H25ClN2O3S/c1-11(2)18(12(3)4)22(20,21)15-7-5-13(6-8-15)17-10-14(19)9-16/h5-8,11-12,14,17,19H,9-10H2,1-4H3. The van der Waals surface area contributed by atoms with Crippen LogP contribution in [0.25, 0.3) is 0 Å². The Labute approximate surface area is 138 Å². The van der Waals surface area contributed by atoms with Crippen LogP contribution in [0.4, 0.5) is 5.69 Å². The number of benzene rings is 1. The molecule has 0 aliphatic heterocycles. The van der Waals surface area contributed by atoms with E-state index in [0.29, 0.717) is 6.54 Å². The Kier molecular flexibility index (Phi) is 7.12. The lowest BCUT2D eigenvalue weighted by Crippen LogP contribution is -2.41. The molecule has 1 aromatic rings. The summed E-state index contributed by atoms with van der Waals surface area (Å²) >= 11 is 5.52. The highest BCUT2D eigenvalue weighted by atomic mass is 35.5. The third-order valence-corrected chi connectivity index (χ3v) is 5.79. The van der Waals surface area contributed by atoms with Gasteiger partial charge >= 0.3 is 0 Å². The molecule has 7 heteroatoms. The summed E-state index contributed by atoms with van der Waals surface area (Å²) in [6, 6.07) is 6.30. The molecule has 22 heavy (non-hydrogen) atoms. The summed E-state index contributed by atoms with van der Waals surface area (Å²) in [5.74, 6) is 0.150. The molecule has 0 aliphatic rings. The summed E-state index contributed by atoms with van der Waals surface area (Å²) in [7, 11) is -3.52. The van der Waals surface area contributed by atoms with E-state index in [4.69, 9.17) is 11.6 Å². The number of anilines is 1. The van der Waals surface area contributed by atoms with E-state index in [0.717, 1.165) is 5.69 Å². The Morgan fingerprint density at radius 1 is 1.14 bits per heavy atom. The zero-order valence-electron chi connectivity index (χ0n) is 13.5. The minimum atomic E-state index is -3.52. The molecular weight excluding hydrogens is 324 g/mol. The number of sulfonamides is 1. The van der Waals surface area contributed by atoms with E-state index in [1.807, 2.05) is 27.7 Å². The fraction of sp³-hybridized carbons (Fsp3) is 0.600. The van der Waals surface area contributed by atoms with Crippen LogP contribution in [0.1, 0.15) is 27.7 Å². The Hall–Kier alpha value is -0.820. The van der Waals surface area contributed by atoms with Crippen molar-refractivity contribution in [1.29, 1.82) is 0 Å². The molecule has 1 unspecified atom stereocenters. The van der Waals surface area contributed by atoms with Crippen LogP contribution in [-0.4, -0.2) is 48.4 Å². The average Bonchev–Trinajstić information content (AvgIpc) is 2.43. The summed E-state index contributed by atoms with van der Waals surface area (Å²) in [6.45, 7) is 7.77. The number of alkyl halides is 1. The van der Waals surface area contributed by atoms with Crippen molar-refractivity contribution < 1.29 is 13.5 Å². The van der Waals surface area contributed by atoms with Crippen LogP contribution in [0, 0.1) is 0 Å². The zero-order valence-corrected chi connectivity index (χ0v) is 15.0. The number of nitrogens with zero attached hydrogens (tertiary/aromatic N) is 1. The molecule has 2 N–H and O–H groups in total. The summed E-state index contributed by atoms with van der Waals surface area (Å²) in [5.41, 5.74) is 0.740. The van der Waals surface area contributed by atoms with Gasteiger partial charge in [-0.05, 0) is 52.0 Å². The van der Waals surface area contributed by atoms with Gasteiger partial charge < -0.3 is 10.4 Å². The average molecular weight is 349 g/mol. The van der Waals surface area contributed by atoms with Crippen molar-refractivity contribution in [2.75, 3.05) is 17.7 Å². The van der Waals surface area contributed by atoms with E-state index in [1.165, 1.54) is 4.31 Å². The fourth-order valence-electron chi connectivity index (χ4n) is 2.31. The maximum Gasteiger partial charge on any atom is 0.243 e. The number of rotatable bonds is 8. The smallest absolute Gasteiger partial charge is 0.243 e. The van der Waals surface area contributed by atoms with Crippen LogP contribution in [0.5, 0.6) is 0 Å². The summed E-state index contributed by atoms with van der Waals surface area (Å²) < 4.78 is 26.9. The number of nitrogens with one attached hydrogen (secondary N) is 1. The SMILES string of the molecule is CC(C)N(C(C)C)S(=O)(=O)c1ccc(NCC(O)CCl)cc1. The second-order valence-corrected chi connectivity index (χ2v) is 7.89. The summed E-state index contributed by atoms with van der Waals surface area (Å²) in [6.07, 6.45) is -0.637. The van der Waals surface area contributed by atoms with Gasteiger partial charge in [0.25, 0.3) is 0 Å². The van der Waals surface area contributed by atoms with Crippen molar-refractivity contribution in [3.05, 3.63) is 24.3 Å². The van der Waals surface area contributed by atoms with Crippen LogP contribution in [0.3, 0.4) is 0 Å². The van der Waals surface area contributed by atoms with Gasteiger partial charge in [0.15, 0.2) is 0 Å². The molecule has 1 atom stereocenters. The maximum absolute atomic E-state index is 12.7. The molecule has 0 bridgehead atoms. The van der Waals surface area contributed by atoms with E-state index < -0.39 is 16.1 Å². The minimum Gasteiger partial charge on any atom is -0.390 e. The quantitative estimate of drug-likeness (QED) is 0.708. The molecule has 0 aromatic heterocycles. The number of hydrogen-bond donors (Lipinski definition) is 2. The Bertz CT molecular complexity index is 551. The van der Waals surface area contributed by atoms with Gasteiger partial charge in [0.2, 0.25) is 10.0 Å². The van der Waals surface area contributed by atoms with E-state index in [2.05, 4.69) is 5.32 Å². The van der Waals surface area contributed by atoms with E-state index in [-0.39, 0.29) is 22.9 Å². The van der Waals surface area contributed by atoms with Crippen molar-refractivity contribution in [2.45, 2.75) is 50.8 Å². The lowest BCUT2D eigenvalue weighted by Gasteiger charge is -2.29. The third kappa shape index (κ3) is 4.84. The van der Waals surface area contributed by atoms with Crippen LogP contribution in [0.15, 0.2) is 29.2 Å². The highest BCUT2D eigenvalue weighted by molar-refractivity contribution is 7.89. The summed E-state index contributed by atoms with van der Waals surface area (Å²) in [5, 5.41) is 12.4. The lowest BCUT2D eigenvalue weighted by molar-refractivity contribution is 0.211. The molecule has 0 radical (unpaired) electrons. The van der Waals surface area contributed by atoms with Crippen molar-refractivity contribution in [3.63, 3.8) is 0 Å². The van der Waals surface area contributed by atoms with E-state index >= 15 is 0 Å². The molecule has 0 amide bonds. The van der Waals surface area contributed by atoms with Gasteiger partial charge in [-0.25, -0.2) is 8.42 Å². The Morgan fingerprint density at radius 3 is 2.05 bits per heavy atom. The molecule has 0 aliphatic carbocycles. The first-order chi connectivity index (χ1) is 10.2. The van der Waals surface area contributed by atoms with Crippen molar-refractivity contribution in [2.24, 2.45) is 0 Å². The van der Waals surface area contributed by atoms with Crippen LogP contribution in [0.2, 0.25) is 0 Å². The lowest BCUT2D eigenvalue weighted by atomic mass is 10.3. The van der Waals surface area contributed by atoms with Crippen molar-refractivity contribution >= 4 is 27.3 Å². The summed E-state index contributed by atoms with van der Waals surface area (Å²) in [4.78, 5) is 0.262. The molecule has 1 aromatic carbocycles. The zero-order chi connectivity index (χ0) is 16.9. The van der Waals surface area contributed by atoms with Crippen molar-refractivity contribution in [3.8, 4) is 0 Å². The second kappa shape index (κ2) is 8.15. The molecule has 0 saturated heterocycles. The van der Waals surface area contributed by atoms with Crippen LogP contribution >= 0.6 is 11.6 Å². The van der Waals surface area contributed by atoms with Gasteiger partial charge in [-0.3, -0.25) is 0 Å². The minimum absolute atomic E-state index is 0.110. The normalized spacial score (nSPS) is 13.9. The van der Waals surface area contributed by atoms with E-state index in [9.17, 15) is 13.5 Å². The first kappa shape index (κ1) is 19.2. The number of halogens is 1. The molecule has 0 fully saturated rings. The number of aliphatic hydroxyl groups is 1. The topological polar surface area (TPSA) is 69.6 Å². The predicted octanol–water partition coefficient (Wildman–Crippen LogP) is 2.51. The van der Waals surface area contributed by atoms with Gasteiger partial charge in [0.05, 0.1) is 16.9 Å². The molecule has 5 nitrogen and oxygen atoms in total. The third-order valence-electron chi connectivity index (χ3n) is 3.17. The van der Waals surface area contributed by atoms with Crippen LogP contribution in [-0.2, 0) is 10.0 Å². The molecule has 0 heterocycles. The van der Waals surface area contributed by atoms with Gasteiger partial charge in [-0.15, -0.1) is 11.6 Å². The van der Waals surface area contributed by atoms with Gasteiger partial charge in [-0.2, -0.15) is 4.31 Å². The predicted molar refractivity (Wildman–Crippen MR) is 91.0 cm³/mol. The van der Waals surface area contributed by atoms with Crippen molar-refractivity contribution in [1.82, 2.24) is 4.31 Å². The van der Waals surface area contributed by atoms with E-state index in [1.54, 1.807) is 24.3 Å². The number of hydrogen-bond acceptors (Lipinski definition) is 4. The van der Waals surface area contributed by atoms with Gasteiger partial charge in [0.1, 0.15) is 0 Å². The second-order valence-electron chi connectivity index (χ2n) is 5.74. The number of aliphatic hydroxyl groups excluding tert-OH is 1. The maximum atomic E-state index is 12.7. The first-order valence-corrected chi connectivity index (χ1v) is 9.29. The highest BCUT2D eigenvalue weighted by Gasteiger charge is 2.29. The Morgan fingerprint density at radius 2 is 1.64 bits per heavy atom. The van der Waals surface area contributed by atoms with Gasteiger partial charge in [-0.1, -0.05) is 0 Å². The monoisotopic (exact) mass is 348 g/mol. The molecular formula is C15H25ClN2O3S. The largest absolute Gasteiger partial charge is 0.390 e. The molecule has 0 spiro atoms. The highest BCUT2D eigenvalue weighted by Crippen LogP contribution is 2.22. The van der Waals surface area contributed by atoms with Gasteiger partial charge in [0, 0.05) is 24.3 Å². The Balaban J connectivity index is 2.93. The van der Waals surface area contributed by atoms with Crippen LogP contribution < -0.4 is 5.32 Å². The molecule has 0 saturated carbocycles. The molecule has 126 valence electrons. The first-order valence-electron chi connectivity index (χ1n) is 7.31.